The van der Waals surface area contributed by atoms with E-state index < -0.39 is 0 Å². The minimum absolute atomic E-state index is 0.770. The van der Waals surface area contributed by atoms with Crippen LogP contribution in [-0.4, -0.2) is 11.5 Å². The lowest BCUT2D eigenvalue weighted by atomic mass is 10.1. The topological polar surface area (TPSA) is 24.9 Å². The lowest BCUT2D eigenvalue weighted by Gasteiger charge is -2.09. The third-order valence-corrected chi connectivity index (χ3v) is 3.04. The van der Waals surface area contributed by atoms with E-state index in [4.69, 9.17) is 11.6 Å². The van der Waals surface area contributed by atoms with Crippen molar-refractivity contribution in [3.05, 3.63) is 34.3 Å². The fourth-order valence-electron chi connectivity index (χ4n) is 1.76. The van der Waals surface area contributed by atoms with Crippen LogP contribution < -0.4 is 5.32 Å². The Balaban J connectivity index is 2.65. The third kappa shape index (κ3) is 1.98. The average Bonchev–Trinajstić information content (AvgIpc) is 2.23. The molecule has 0 amide bonds. The highest BCUT2D eigenvalue weighted by Crippen LogP contribution is 2.25. The number of pyridine rings is 1. The first-order valence-electron chi connectivity index (χ1n) is 5.43. The Hall–Kier alpha value is -1.28. The van der Waals surface area contributed by atoms with Gasteiger partial charge in [-0.2, -0.15) is 0 Å². The number of fused-ring (bicyclic) bond motifs is 1. The van der Waals surface area contributed by atoms with Gasteiger partial charge < -0.3 is 5.32 Å². The molecule has 0 aliphatic heterocycles. The van der Waals surface area contributed by atoms with Gasteiger partial charge in [-0.15, -0.1) is 0 Å². The van der Waals surface area contributed by atoms with Crippen molar-refractivity contribution in [2.24, 2.45) is 0 Å². The molecule has 0 spiro atoms. The Morgan fingerprint density at radius 3 is 2.56 bits per heavy atom. The molecule has 16 heavy (non-hydrogen) atoms. The van der Waals surface area contributed by atoms with Crippen molar-refractivity contribution in [2.45, 2.75) is 20.8 Å². The zero-order valence-corrected chi connectivity index (χ0v) is 10.5. The Bertz CT molecular complexity index is 535. The van der Waals surface area contributed by atoms with Gasteiger partial charge in [0.25, 0.3) is 0 Å². The summed E-state index contributed by atoms with van der Waals surface area (Å²) in [5.74, 6) is 0.940. The minimum atomic E-state index is 0.770. The zero-order chi connectivity index (χ0) is 11.7. The molecule has 0 atom stereocenters. The summed E-state index contributed by atoms with van der Waals surface area (Å²) in [5.41, 5.74) is 3.19. The van der Waals surface area contributed by atoms with Crippen molar-refractivity contribution in [3.8, 4) is 0 Å². The predicted molar refractivity (Wildman–Crippen MR) is 70.4 cm³/mol. The molecule has 0 bridgehead atoms. The number of nitrogens with zero attached hydrogens (tertiary/aromatic N) is 1. The molecule has 2 nitrogen and oxygen atoms in total. The van der Waals surface area contributed by atoms with Crippen LogP contribution in [0.1, 0.15) is 18.1 Å². The van der Waals surface area contributed by atoms with Crippen LogP contribution in [0.5, 0.6) is 0 Å². The Morgan fingerprint density at radius 2 is 1.88 bits per heavy atom. The number of anilines is 1. The van der Waals surface area contributed by atoms with Gasteiger partial charge in [0.2, 0.25) is 0 Å². The molecule has 0 aliphatic rings. The Labute approximate surface area is 101 Å². The van der Waals surface area contributed by atoms with E-state index in [2.05, 4.69) is 36.3 Å². The van der Waals surface area contributed by atoms with E-state index in [0.717, 1.165) is 39.4 Å². The van der Waals surface area contributed by atoms with Gasteiger partial charge in [0.1, 0.15) is 5.82 Å². The normalized spacial score (nSPS) is 10.8. The van der Waals surface area contributed by atoms with Gasteiger partial charge in [-0.1, -0.05) is 11.6 Å². The Morgan fingerprint density at radius 1 is 1.19 bits per heavy atom. The van der Waals surface area contributed by atoms with Gasteiger partial charge in [0.15, 0.2) is 0 Å². The molecule has 84 valence electrons. The van der Waals surface area contributed by atoms with E-state index in [1.54, 1.807) is 0 Å². The van der Waals surface area contributed by atoms with Crippen LogP contribution in [0, 0.1) is 13.8 Å². The van der Waals surface area contributed by atoms with E-state index in [-0.39, 0.29) is 0 Å². The summed E-state index contributed by atoms with van der Waals surface area (Å²) >= 11 is 6.10. The standard InChI is InChI=1S/C13H15ClN2/c1-4-15-13-9(3)6-10-5-8(2)11(14)7-12(10)16-13/h5-7H,4H2,1-3H3,(H,15,16). The monoisotopic (exact) mass is 234 g/mol. The van der Waals surface area contributed by atoms with E-state index in [0.29, 0.717) is 0 Å². The van der Waals surface area contributed by atoms with Crippen LogP contribution in [0.3, 0.4) is 0 Å². The molecular formula is C13H15ClN2. The number of nitrogens with one attached hydrogen (secondary N) is 1. The molecule has 1 N–H and O–H groups in total. The van der Waals surface area contributed by atoms with Crippen molar-refractivity contribution in [2.75, 3.05) is 11.9 Å². The number of halogens is 1. The first-order valence-corrected chi connectivity index (χ1v) is 5.81. The first-order chi connectivity index (χ1) is 7.61. The first kappa shape index (κ1) is 11.2. The molecule has 1 aromatic carbocycles. The molecule has 0 aliphatic carbocycles. The van der Waals surface area contributed by atoms with E-state index in [9.17, 15) is 0 Å². The maximum Gasteiger partial charge on any atom is 0.129 e. The molecule has 0 fully saturated rings. The molecule has 0 saturated carbocycles. The van der Waals surface area contributed by atoms with Crippen molar-refractivity contribution in [1.82, 2.24) is 4.98 Å². The lowest BCUT2D eigenvalue weighted by Crippen LogP contribution is -2.01. The number of hydrogen-bond donors (Lipinski definition) is 1. The molecule has 1 heterocycles. The fraction of sp³-hybridized carbons (Fsp3) is 0.308. The molecule has 0 saturated heterocycles. The molecule has 3 heteroatoms. The number of rotatable bonds is 2. The van der Waals surface area contributed by atoms with Crippen LogP contribution >= 0.6 is 11.6 Å². The highest BCUT2D eigenvalue weighted by atomic mass is 35.5. The molecule has 2 rings (SSSR count). The molecular weight excluding hydrogens is 220 g/mol. The van der Waals surface area contributed by atoms with Crippen LogP contribution in [0.4, 0.5) is 5.82 Å². The second kappa shape index (κ2) is 4.30. The van der Waals surface area contributed by atoms with Gasteiger partial charge >= 0.3 is 0 Å². The van der Waals surface area contributed by atoms with Crippen LogP contribution in [0.15, 0.2) is 18.2 Å². The van der Waals surface area contributed by atoms with E-state index >= 15 is 0 Å². The zero-order valence-electron chi connectivity index (χ0n) is 9.76. The van der Waals surface area contributed by atoms with Crippen molar-refractivity contribution in [3.63, 3.8) is 0 Å². The lowest BCUT2D eigenvalue weighted by molar-refractivity contribution is 1.16. The van der Waals surface area contributed by atoms with E-state index in [1.807, 2.05) is 13.0 Å². The molecule has 1 aromatic heterocycles. The maximum atomic E-state index is 6.10. The predicted octanol–water partition coefficient (Wildman–Crippen LogP) is 3.94. The number of aromatic nitrogens is 1. The second-order valence-electron chi connectivity index (χ2n) is 3.98. The van der Waals surface area contributed by atoms with Gasteiger partial charge in [0, 0.05) is 17.0 Å². The number of benzene rings is 1. The summed E-state index contributed by atoms with van der Waals surface area (Å²) in [6.45, 7) is 7.01. The van der Waals surface area contributed by atoms with Gasteiger partial charge in [-0.05, 0) is 50.1 Å². The SMILES string of the molecule is CCNc1nc2cc(Cl)c(C)cc2cc1C. The summed E-state index contributed by atoms with van der Waals surface area (Å²) in [7, 11) is 0. The van der Waals surface area contributed by atoms with Crippen molar-refractivity contribution in [1.29, 1.82) is 0 Å². The quantitative estimate of drug-likeness (QED) is 0.852. The van der Waals surface area contributed by atoms with Gasteiger partial charge in [-0.3, -0.25) is 0 Å². The van der Waals surface area contributed by atoms with Crippen molar-refractivity contribution < 1.29 is 0 Å². The smallest absolute Gasteiger partial charge is 0.129 e. The van der Waals surface area contributed by atoms with Gasteiger partial charge in [0.05, 0.1) is 5.52 Å². The van der Waals surface area contributed by atoms with Crippen LogP contribution in [0.25, 0.3) is 10.9 Å². The van der Waals surface area contributed by atoms with E-state index in [1.165, 1.54) is 0 Å². The maximum absolute atomic E-state index is 6.10. The fourth-order valence-corrected chi connectivity index (χ4v) is 1.92. The summed E-state index contributed by atoms with van der Waals surface area (Å²) in [6, 6.07) is 6.14. The van der Waals surface area contributed by atoms with Crippen LogP contribution in [-0.2, 0) is 0 Å². The van der Waals surface area contributed by atoms with Crippen LogP contribution in [0.2, 0.25) is 5.02 Å². The summed E-state index contributed by atoms with van der Waals surface area (Å²) in [4.78, 5) is 4.57. The second-order valence-corrected chi connectivity index (χ2v) is 4.39. The molecule has 2 aromatic rings. The van der Waals surface area contributed by atoms with Gasteiger partial charge in [-0.25, -0.2) is 4.98 Å². The Kier molecular flexibility index (Phi) is 3.01. The highest BCUT2D eigenvalue weighted by molar-refractivity contribution is 6.32. The summed E-state index contributed by atoms with van der Waals surface area (Å²) < 4.78 is 0. The van der Waals surface area contributed by atoms with Crippen molar-refractivity contribution >= 4 is 28.3 Å². The summed E-state index contributed by atoms with van der Waals surface area (Å²) in [6.07, 6.45) is 0. The third-order valence-electron chi connectivity index (χ3n) is 2.63. The molecule has 0 radical (unpaired) electrons. The molecule has 0 unspecified atom stereocenters. The largest absolute Gasteiger partial charge is 0.370 e. The number of aryl methyl sites for hydroxylation is 2. The minimum Gasteiger partial charge on any atom is -0.370 e. The highest BCUT2D eigenvalue weighted by Gasteiger charge is 2.04. The average molecular weight is 235 g/mol. The number of hydrogen-bond acceptors (Lipinski definition) is 2. The summed E-state index contributed by atoms with van der Waals surface area (Å²) in [5, 5.41) is 5.16.